The summed E-state index contributed by atoms with van der Waals surface area (Å²) in [6.45, 7) is 4.40. The number of benzene rings is 3. The highest BCUT2D eigenvalue weighted by atomic mass is 32.2. The van der Waals surface area contributed by atoms with Gasteiger partial charge in [0.1, 0.15) is 11.5 Å². The lowest BCUT2D eigenvalue weighted by Crippen LogP contribution is -2.23. The van der Waals surface area contributed by atoms with E-state index in [1.165, 1.54) is 17.0 Å². The number of hydrogen-bond acceptors (Lipinski definition) is 6. The predicted octanol–water partition coefficient (Wildman–Crippen LogP) is 6.29. The molecule has 3 aromatic carbocycles. The van der Waals surface area contributed by atoms with E-state index in [1.807, 2.05) is 25.1 Å². The normalized spacial score (nSPS) is 12.9. The van der Waals surface area contributed by atoms with E-state index < -0.39 is 17.7 Å². The number of fused-ring (bicyclic) bond motifs is 1. The maximum absolute atomic E-state index is 12.9. The van der Waals surface area contributed by atoms with Crippen molar-refractivity contribution in [1.29, 1.82) is 0 Å². The van der Waals surface area contributed by atoms with E-state index in [-0.39, 0.29) is 19.1 Å². The largest absolute Gasteiger partial charge is 0.492 e. The number of alkyl halides is 3. The molecule has 0 atom stereocenters. The van der Waals surface area contributed by atoms with Crippen molar-refractivity contribution >= 4 is 29.3 Å². The number of anilines is 1. The second-order valence-electron chi connectivity index (χ2n) is 8.44. The van der Waals surface area contributed by atoms with Gasteiger partial charge in [0.15, 0.2) is 6.61 Å². The zero-order chi connectivity index (χ0) is 27.3. The Balaban J connectivity index is 1.32. The third kappa shape index (κ3) is 6.42. The fourth-order valence-electron chi connectivity index (χ4n) is 4.00. The molecule has 0 N–H and O–H groups in total. The lowest BCUT2D eigenvalue weighted by atomic mass is 10.1. The van der Waals surface area contributed by atoms with Crippen LogP contribution in [0.4, 0.5) is 18.9 Å². The van der Waals surface area contributed by atoms with Crippen LogP contribution in [-0.4, -0.2) is 37.4 Å². The van der Waals surface area contributed by atoms with Gasteiger partial charge >= 0.3 is 12.1 Å². The Kier molecular flexibility index (Phi) is 8.51. The number of thioether (sulfide) groups is 1. The van der Waals surface area contributed by atoms with E-state index in [0.717, 1.165) is 22.6 Å². The lowest BCUT2D eigenvalue weighted by Gasteiger charge is -2.17. The molecule has 0 fully saturated rings. The van der Waals surface area contributed by atoms with E-state index >= 15 is 0 Å². The monoisotopic (exact) mass is 545 g/mol. The van der Waals surface area contributed by atoms with Crippen molar-refractivity contribution in [3.05, 3.63) is 82.9 Å². The van der Waals surface area contributed by atoms with Crippen LogP contribution in [0, 0.1) is 6.92 Å². The molecule has 1 aliphatic heterocycles. The van der Waals surface area contributed by atoms with Crippen LogP contribution in [0.1, 0.15) is 34.0 Å². The van der Waals surface area contributed by atoms with Crippen molar-refractivity contribution in [3.8, 4) is 11.5 Å². The average Bonchev–Trinajstić information content (AvgIpc) is 3.23. The first-order chi connectivity index (χ1) is 18.2. The number of esters is 1. The minimum absolute atomic E-state index is 0.144. The predicted molar refractivity (Wildman–Crippen MR) is 138 cm³/mol. The molecule has 200 valence electrons. The number of nitrogens with zero attached hydrogens (tertiary/aromatic N) is 1. The first kappa shape index (κ1) is 27.4. The third-order valence-electron chi connectivity index (χ3n) is 5.84. The molecule has 38 heavy (non-hydrogen) atoms. The van der Waals surface area contributed by atoms with Crippen molar-refractivity contribution < 1.29 is 37.0 Å². The van der Waals surface area contributed by atoms with Gasteiger partial charge in [0.2, 0.25) is 0 Å². The molecule has 10 heteroatoms. The molecule has 0 radical (unpaired) electrons. The van der Waals surface area contributed by atoms with Gasteiger partial charge in [-0.15, -0.1) is 11.8 Å². The number of carbonyl (C=O) groups excluding carboxylic acids is 2. The van der Waals surface area contributed by atoms with Crippen molar-refractivity contribution in [2.75, 3.05) is 30.5 Å². The standard InChI is InChI=1S/C28H26F3NO5S/c1-3-35-26(33)17-37-24-12-11-21(15-18(24)2)38-14-13-36-25-6-4-5-22-23(25)16-32(27(22)34)20-9-7-19(8-10-20)28(29,30)31/h4-12,15H,3,13-14,16-17H2,1-2H3. The Morgan fingerprint density at radius 1 is 1.03 bits per heavy atom. The fraction of sp³-hybridized carbons (Fsp3) is 0.286. The Morgan fingerprint density at radius 3 is 2.47 bits per heavy atom. The quantitative estimate of drug-likeness (QED) is 0.170. The average molecular weight is 546 g/mol. The molecule has 4 rings (SSSR count). The number of aryl methyl sites for hydroxylation is 1. The van der Waals surface area contributed by atoms with Crippen LogP contribution in [0.2, 0.25) is 0 Å². The summed E-state index contributed by atoms with van der Waals surface area (Å²) in [4.78, 5) is 26.9. The molecule has 1 heterocycles. The lowest BCUT2D eigenvalue weighted by molar-refractivity contribution is -0.145. The number of halogens is 3. The molecule has 0 spiro atoms. The summed E-state index contributed by atoms with van der Waals surface area (Å²) in [6, 6.07) is 15.4. The molecule has 1 amide bonds. The van der Waals surface area contributed by atoms with Gasteiger partial charge in [-0.25, -0.2) is 4.79 Å². The molecule has 0 bridgehead atoms. The smallest absolute Gasteiger partial charge is 0.416 e. The molecule has 0 saturated carbocycles. The van der Waals surface area contributed by atoms with Crippen LogP contribution in [0.5, 0.6) is 11.5 Å². The van der Waals surface area contributed by atoms with E-state index in [2.05, 4.69) is 0 Å². The highest BCUT2D eigenvalue weighted by Gasteiger charge is 2.33. The van der Waals surface area contributed by atoms with E-state index in [9.17, 15) is 22.8 Å². The first-order valence-electron chi connectivity index (χ1n) is 11.9. The summed E-state index contributed by atoms with van der Waals surface area (Å²) in [5.41, 5.74) is 1.71. The summed E-state index contributed by atoms with van der Waals surface area (Å²) in [6.07, 6.45) is -4.44. The highest BCUT2D eigenvalue weighted by Crippen LogP contribution is 2.36. The number of amides is 1. The number of rotatable bonds is 10. The minimum atomic E-state index is -4.44. The Bertz CT molecular complexity index is 1310. The van der Waals surface area contributed by atoms with Gasteiger partial charge in [-0.05, 0) is 74.0 Å². The van der Waals surface area contributed by atoms with Crippen LogP contribution in [0.25, 0.3) is 0 Å². The zero-order valence-electron chi connectivity index (χ0n) is 20.8. The van der Waals surface area contributed by atoms with Crippen LogP contribution in [0.15, 0.2) is 65.6 Å². The van der Waals surface area contributed by atoms with Gasteiger partial charge in [0.05, 0.1) is 25.3 Å². The van der Waals surface area contributed by atoms with Gasteiger partial charge in [-0.2, -0.15) is 13.2 Å². The molecule has 1 aliphatic rings. The molecule has 0 saturated heterocycles. The number of hydrogen-bond donors (Lipinski definition) is 0. The summed E-state index contributed by atoms with van der Waals surface area (Å²) >= 11 is 1.59. The van der Waals surface area contributed by atoms with E-state index in [4.69, 9.17) is 14.2 Å². The maximum atomic E-state index is 12.9. The van der Waals surface area contributed by atoms with Gasteiger partial charge in [0, 0.05) is 27.5 Å². The summed E-state index contributed by atoms with van der Waals surface area (Å²) < 4.78 is 55.1. The first-order valence-corrected chi connectivity index (χ1v) is 12.9. The molecule has 0 aromatic heterocycles. The second-order valence-corrected chi connectivity index (χ2v) is 9.60. The van der Waals surface area contributed by atoms with E-state index in [0.29, 0.717) is 47.3 Å². The van der Waals surface area contributed by atoms with Crippen molar-refractivity contribution in [3.63, 3.8) is 0 Å². The second kappa shape index (κ2) is 11.8. The molecule has 6 nitrogen and oxygen atoms in total. The van der Waals surface area contributed by atoms with Crippen molar-refractivity contribution in [1.82, 2.24) is 0 Å². The Hall–Kier alpha value is -3.66. The van der Waals surface area contributed by atoms with Gasteiger partial charge in [0.25, 0.3) is 5.91 Å². The SMILES string of the molecule is CCOC(=O)COc1ccc(SCCOc2cccc3c2CN(c2ccc(C(F)(F)F)cc2)C3=O)cc1C. The molecular formula is C28H26F3NO5S. The number of carbonyl (C=O) groups is 2. The number of ether oxygens (including phenoxy) is 3. The Labute approximate surface area is 222 Å². The molecular weight excluding hydrogens is 519 g/mol. The topological polar surface area (TPSA) is 65.1 Å². The molecule has 3 aromatic rings. The van der Waals surface area contributed by atoms with E-state index in [1.54, 1.807) is 36.9 Å². The maximum Gasteiger partial charge on any atom is 0.416 e. The Morgan fingerprint density at radius 2 is 1.79 bits per heavy atom. The van der Waals surface area contributed by atoms with Crippen LogP contribution < -0.4 is 14.4 Å². The van der Waals surface area contributed by atoms with Crippen LogP contribution in [-0.2, 0) is 22.3 Å². The van der Waals surface area contributed by atoms with Crippen LogP contribution in [0.3, 0.4) is 0 Å². The fourth-order valence-corrected chi connectivity index (χ4v) is 4.83. The molecule has 0 unspecified atom stereocenters. The molecule has 0 aliphatic carbocycles. The van der Waals surface area contributed by atoms with Crippen molar-refractivity contribution in [2.45, 2.75) is 31.5 Å². The highest BCUT2D eigenvalue weighted by molar-refractivity contribution is 7.99. The van der Waals surface area contributed by atoms with Gasteiger partial charge < -0.3 is 19.1 Å². The van der Waals surface area contributed by atoms with Gasteiger partial charge in [-0.3, -0.25) is 4.79 Å². The van der Waals surface area contributed by atoms with Crippen molar-refractivity contribution in [2.24, 2.45) is 0 Å². The third-order valence-corrected chi connectivity index (χ3v) is 6.80. The zero-order valence-corrected chi connectivity index (χ0v) is 21.7. The summed E-state index contributed by atoms with van der Waals surface area (Å²) in [7, 11) is 0. The van der Waals surface area contributed by atoms with Crippen LogP contribution >= 0.6 is 11.8 Å². The minimum Gasteiger partial charge on any atom is -0.492 e. The van der Waals surface area contributed by atoms with Gasteiger partial charge in [-0.1, -0.05) is 6.07 Å². The summed E-state index contributed by atoms with van der Waals surface area (Å²) in [5.74, 6) is 1.13. The summed E-state index contributed by atoms with van der Waals surface area (Å²) in [5, 5.41) is 0.